The molecule has 0 saturated heterocycles. The van der Waals surface area contributed by atoms with Crippen molar-refractivity contribution in [1.29, 1.82) is 0 Å². The summed E-state index contributed by atoms with van der Waals surface area (Å²) in [5.74, 6) is 0.585. The largest absolute Gasteiger partial charge is 0.345 e. The summed E-state index contributed by atoms with van der Waals surface area (Å²) in [6, 6.07) is 7.45. The molecule has 3 rings (SSSR count). The highest BCUT2D eigenvalue weighted by atomic mass is 35.5. The maximum Gasteiger partial charge on any atom is 0.233 e. The molecule has 1 heterocycles. The average molecular weight is 310 g/mol. The third kappa shape index (κ3) is 2.19. The molecule has 104 valence electrons. The summed E-state index contributed by atoms with van der Waals surface area (Å²) in [5, 5.41) is 2.85. The van der Waals surface area contributed by atoms with Crippen LogP contribution < -0.4 is 5.32 Å². The van der Waals surface area contributed by atoms with Crippen molar-refractivity contribution in [3.63, 3.8) is 0 Å². The summed E-state index contributed by atoms with van der Waals surface area (Å²) in [7, 11) is 0. The highest BCUT2D eigenvalue weighted by molar-refractivity contribution is 6.53. The second-order valence-electron chi connectivity index (χ2n) is 5.19. The monoisotopic (exact) mass is 309 g/mol. The van der Waals surface area contributed by atoms with E-state index in [1.54, 1.807) is 19.3 Å². The Labute approximate surface area is 126 Å². The van der Waals surface area contributed by atoms with E-state index in [0.29, 0.717) is 12.1 Å². The van der Waals surface area contributed by atoms with E-state index in [9.17, 15) is 4.79 Å². The number of anilines is 1. The molecule has 1 atom stereocenters. The van der Waals surface area contributed by atoms with Crippen LogP contribution in [0.15, 0.2) is 36.7 Å². The van der Waals surface area contributed by atoms with E-state index >= 15 is 0 Å². The van der Waals surface area contributed by atoms with E-state index in [0.717, 1.165) is 11.4 Å². The van der Waals surface area contributed by atoms with Crippen LogP contribution in [0.4, 0.5) is 5.69 Å². The Morgan fingerprint density at radius 3 is 2.80 bits per heavy atom. The number of imidazole rings is 1. The molecule has 2 N–H and O–H groups in total. The van der Waals surface area contributed by atoms with Crippen molar-refractivity contribution in [3.05, 3.63) is 36.7 Å². The summed E-state index contributed by atoms with van der Waals surface area (Å²) >= 11 is 12.0. The van der Waals surface area contributed by atoms with Crippen LogP contribution in [0.2, 0.25) is 0 Å². The standard InChI is InChI=1S/C14H13Cl2N3O/c1-13(8-14(13,15)16)12(20)19-10-4-2-3-9(7-10)11-17-5-6-18-11/h2-7H,8H2,1H3,(H,17,18)(H,19,20)/t13-/m0/s1. The van der Waals surface area contributed by atoms with Crippen molar-refractivity contribution in [1.82, 2.24) is 9.97 Å². The Morgan fingerprint density at radius 1 is 1.45 bits per heavy atom. The maximum atomic E-state index is 12.2. The number of benzene rings is 1. The number of nitrogens with one attached hydrogen (secondary N) is 2. The van der Waals surface area contributed by atoms with Gasteiger partial charge in [-0.05, 0) is 25.5 Å². The van der Waals surface area contributed by atoms with Gasteiger partial charge in [0.1, 0.15) is 10.2 Å². The molecular formula is C14H13Cl2N3O. The van der Waals surface area contributed by atoms with Gasteiger partial charge in [0, 0.05) is 23.6 Å². The van der Waals surface area contributed by atoms with Gasteiger partial charge in [-0.15, -0.1) is 23.2 Å². The summed E-state index contributed by atoms with van der Waals surface area (Å²) < 4.78 is -0.963. The number of halogens is 2. The van der Waals surface area contributed by atoms with E-state index in [2.05, 4.69) is 15.3 Å². The van der Waals surface area contributed by atoms with E-state index < -0.39 is 9.75 Å². The normalized spacial score (nSPS) is 23.4. The van der Waals surface area contributed by atoms with E-state index in [1.807, 2.05) is 24.3 Å². The first kappa shape index (κ1) is 13.5. The lowest BCUT2D eigenvalue weighted by Crippen LogP contribution is -2.25. The van der Waals surface area contributed by atoms with Crippen LogP contribution in [0.3, 0.4) is 0 Å². The Bertz CT molecular complexity index is 654. The van der Waals surface area contributed by atoms with Crippen LogP contribution in [-0.2, 0) is 4.79 Å². The smallest absolute Gasteiger partial charge is 0.233 e. The summed E-state index contributed by atoms with van der Waals surface area (Å²) in [4.78, 5) is 19.4. The third-order valence-corrected chi connectivity index (χ3v) is 4.75. The van der Waals surface area contributed by atoms with Gasteiger partial charge >= 0.3 is 0 Å². The Balaban J connectivity index is 1.79. The number of aromatic nitrogens is 2. The third-order valence-electron chi connectivity index (χ3n) is 3.65. The Kier molecular flexibility index (Phi) is 3.03. The number of alkyl halides is 2. The van der Waals surface area contributed by atoms with Gasteiger partial charge in [-0.3, -0.25) is 4.79 Å². The van der Waals surface area contributed by atoms with Crippen LogP contribution >= 0.6 is 23.2 Å². The molecule has 6 heteroatoms. The molecule has 1 amide bonds. The predicted octanol–water partition coefficient (Wildman–Crippen LogP) is 3.60. The van der Waals surface area contributed by atoms with Gasteiger partial charge in [0.15, 0.2) is 0 Å². The first-order valence-electron chi connectivity index (χ1n) is 6.21. The minimum Gasteiger partial charge on any atom is -0.345 e. The maximum absolute atomic E-state index is 12.2. The quantitative estimate of drug-likeness (QED) is 0.851. The summed E-state index contributed by atoms with van der Waals surface area (Å²) in [6.07, 6.45) is 3.90. The predicted molar refractivity (Wildman–Crippen MR) is 79.8 cm³/mol. The fourth-order valence-corrected chi connectivity index (χ4v) is 2.79. The van der Waals surface area contributed by atoms with Crippen LogP contribution in [0, 0.1) is 5.41 Å². The summed E-state index contributed by atoms with van der Waals surface area (Å²) in [5.41, 5.74) is 0.870. The molecule has 1 aromatic heterocycles. The minimum atomic E-state index is -0.963. The van der Waals surface area contributed by atoms with Crippen molar-refractivity contribution in [2.75, 3.05) is 5.32 Å². The SMILES string of the molecule is C[C@@]1(C(=O)Nc2cccc(-c3ncc[nH]3)c2)CC1(Cl)Cl. The summed E-state index contributed by atoms with van der Waals surface area (Å²) in [6.45, 7) is 1.76. The molecule has 0 aliphatic heterocycles. The number of amides is 1. The van der Waals surface area contributed by atoms with Crippen LogP contribution in [0.5, 0.6) is 0 Å². The number of H-pyrrole nitrogens is 1. The van der Waals surface area contributed by atoms with E-state index in [4.69, 9.17) is 23.2 Å². The lowest BCUT2D eigenvalue weighted by Gasteiger charge is -2.13. The van der Waals surface area contributed by atoms with Crippen LogP contribution in [-0.4, -0.2) is 20.2 Å². The Morgan fingerprint density at radius 2 is 2.20 bits per heavy atom. The minimum absolute atomic E-state index is 0.168. The molecule has 1 fully saturated rings. The molecule has 0 bridgehead atoms. The number of rotatable bonds is 3. The zero-order valence-corrected chi connectivity index (χ0v) is 12.3. The van der Waals surface area contributed by atoms with Crippen molar-refractivity contribution in [3.8, 4) is 11.4 Å². The average Bonchev–Trinajstić information content (AvgIpc) is 2.83. The van der Waals surface area contributed by atoms with Crippen molar-refractivity contribution >= 4 is 34.8 Å². The lowest BCUT2D eigenvalue weighted by atomic mass is 10.1. The van der Waals surface area contributed by atoms with Gasteiger partial charge < -0.3 is 10.3 Å². The number of hydrogen-bond donors (Lipinski definition) is 2. The fraction of sp³-hybridized carbons (Fsp3) is 0.286. The van der Waals surface area contributed by atoms with Crippen molar-refractivity contribution in [2.24, 2.45) is 5.41 Å². The molecule has 0 unspecified atom stereocenters. The van der Waals surface area contributed by atoms with Gasteiger partial charge in [-0.1, -0.05) is 12.1 Å². The van der Waals surface area contributed by atoms with Gasteiger partial charge in [-0.2, -0.15) is 0 Å². The molecule has 1 aliphatic rings. The molecule has 1 saturated carbocycles. The number of carbonyl (C=O) groups excluding carboxylic acids is 1. The second-order valence-corrected chi connectivity index (χ2v) is 6.67. The van der Waals surface area contributed by atoms with Gasteiger partial charge in [-0.25, -0.2) is 4.98 Å². The topological polar surface area (TPSA) is 57.8 Å². The molecule has 1 aromatic carbocycles. The van der Waals surface area contributed by atoms with Gasteiger partial charge in [0.25, 0.3) is 0 Å². The fourth-order valence-electron chi connectivity index (χ4n) is 2.08. The molecule has 1 aliphatic carbocycles. The zero-order chi connectivity index (χ0) is 14.4. The van der Waals surface area contributed by atoms with Gasteiger partial charge in [0.2, 0.25) is 5.91 Å². The molecular weight excluding hydrogens is 297 g/mol. The molecule has 20 heavy (non-hydrogen) atoms. The first-order valence-corrected chi connectivity index (χ1v) is 6.97. The number of nitrogens with zero attached hydrogens (tertiary/aromatic N) is 1. The Hall–Kier alpha value is -1.52. The molecule has 2 aromatic rings. The molecule has 0 spiro atoms. The molecule has 0 radical (unpaired) electrons. The highest BCUT2D eigenvalue weighted by Gasteiger charge is 2.67. The lowest BCUT2D eigenvalue weighted by molar-refractivity contribution is -0.120. The zero-order valence-electron chi connectivity index (χ0n) is 10.8. The number of aromatic amines is 1. The van der Waals surface area contributed by atoms with E-state index in [-0.39, 0.29) is 5.91 Å². The number of hydrogen-bond acceptors (Lipinski definition) is 2. The van der Waals surface area contributed by atoms with Crippen LogP contribution in [0.25, 0.3) is 11.4 Å². The van der Waals surface area contributed by atoms with Crippen molar-refractivity contribution < 1.29 is 4.79 Å². The highest BCUT2D eigenvalue weighted by Crippen LogP contribution is 2.64. The van der Waals surface area contributed by atoms with Gasteiger partial charge in [0.05, 0.1) is 5.41 Å². The van der Waals surface area contributed by atoms with Crippen molar-refractivity contribution in [2.45, 2.75) is 17.7 Å². The van der Waals surface area contributed by atoms with Crippen LogP contribution in [0.1, 0.15) is 13.3 Å². The molecule has 4 nitrogen and oxygen atoms in total. The number of carbonyl (C=O) groups is 1. The second kappa shape index (κ2) is 4.50. The van der Waals surface area contributed by atoms with E-state index in [1.165, 1.54) is 0 Å². The first-order chi connectivity index (χ1) is 9.42.